The summed E-state index contributed by atoms with van der Waals surface area (Å²) in [5.41, 5.74) is -0.403. The zero-order chi connectivity index (χ0) is 12.2. The van der Waals surface area contributed by atoms with Crippen LogP contribution in [0.2, 0.25) is 0 Å². The van der Waals surface area contributed by atoms with Crippen LogP contribution in [0.15, 0.2) is 0 Å². The molecule has 0 saturated heterocycles. The van der Waals surface area contributed by atoms with Gasteiger partial charge in [-0.2, -0.15) is 0 Å². The summed E-state index contributed by atoms with van der Waals surface area (Å²) in [6, 6.07) is 0.0481. The van der Waals surface area contributed by atoms with Crippen molar-refractivity contribution in [3.8, 4) is 0 Å². The fourth-order valence-corrected chi connectivity index (χ4v) is 1.33. The molecule has 0 rings (SSSR count). The van der Waals surface area contributed by atoms with Crippen molar-refractivity contribution in [2.24, 2.45) is 11.3 Å². The third kappa shape index (κ3) is 5.40. The third-order valence-corrected chi connectivity index (χ3v) is 2.18. The molecule has 0 unspecified atom stereocenters. The van der Waals surface area contributed by atoms with E-state index in [1.807, 2.05) is 34.6 Å². The Morgan fingerprint density at radius 2 is 1.73 bits per heavy atom. The third-order valence-electron chi connectivity index (χ3n) is 2.18. The van der Waals surface area contributed by atoms with Crippen LogP contribution in [0.1, 0.15) is 41.0 Å². The number of carboxylic acid groups (broad SMARTS) is 1. The van der Waals surface area contributed by atoms with Crippen molar-refractivity contribution < 1.29 is 14.7 Å². The lowest BCUT2D eigenvalue weighted by Crippen LogP contribution is -2.37. The van der Waals surface area contributed by atoms with Gasteiger partial charge in [-0.25, -0.2) is 0 Å². The van der Waals surface area contributed by atoms with Gasteiger partial charge in [-0.3, -0.25) is 9.59 Å². The van der Waals surface area contributed by atoms with E-state index < -0.39 is 17.3 Å². The van der Waals surface area contributed by atoms with Gasteiger partial charge in [0.2, 0.25) is 5.91 Å². The average Bonchev–Trinajstić information content (AvgIpc) is 1.95. The Morgan fingerprint density at radius 3 is 2.00 bits per heavy atom. The van der Waals surface area contributed by atoms with Crippen molar-refractivity contribution in [3.05, 3.63) is 0 Å². The smallest absolute Gasteiger partial charge is 0.307 e. The lowest BCUT2D eigenvalue weighted by atomic mass is 9.78. The van der Waals surface area contributed by atoms with Crippen LogP contribution >= 0.6 is 0 Å². The Kier molecular flexibility index (Phi) is 4.78. The molecule has 0 aliphatic heterocycles. The minimum atomic E-state index is -0.915. The Balaban J connectivity index is 4.44. The van der Waals surface area contributed by atoms with Gasteiger partial charge in [-0.15, -0.1) is 0 Å². The van der Waals surface area contributed by atoms with Crippen molar-refractivity contribution >= 4 is 11.9 Å². The fourth-order valence-electron chi connectivity index (χ4n) is 1.33. The van der Waals surface area contributed by atoms with Gasteiger partial charge in [0.1, 0.15) is 0 Å². The highest BCUT2D eigenvalue weighted by atomic mass is 16.4. The van der Waals surface area contributed by atoms with Gasteiger partial charge >= 0.3 is 5.97 Å². The molecule has 0 spiro atoms. The topological polar surface area (TPSA) is 66.4 Å². The summed E-state index contributed by atoms with van der Waals surface area (Å²) in [5, 5.41) is 11.7. The number of aliphatic carboxylic acids is 1. The first-order valence-electron chi connectivity index (χ1n) is 5.16. The number of nitrogens with one attached hydrogen (secondary N) is 1. The fraction of sp³-hybridized carbons (Fsp3) is 0.818. The minimum absolute atomic E-state index is 0.0387. The number of hydrogen-bond acceptors (Lipinski definition) is 2. The molecule has 0 aromatic carbocycles. The largest absolute Gasteiger partial charge is 0.481 e. The predicted octanol–water partition coefficient (Wildman–Crippen LogP) is 1.65. The van der Waals surface area contributed by atoms with E-state index in [1.54, 1.807) is 0 Å². The van der Waals surface area contributed by atoms with Crippen LogP contribution in [0.25, 0.3) is 0 Å². The van der Waals surface area contributed by atoms with Gasteiger partial charge in [0.15, 0.2) is 0 Å². The maximum atomic E-state index is 11.4. The summed E-state index contributed by atoms with van der Waals surface area (Å²) >= 11 is 0. The summed E-state index contributed by atoms with van der Waals surface area (Å²) in [7, 11) is 0. The van der Waals surface area contributed by atoms with Gasteiger partial charge < -0.3 is 10.4 Å². The van der Waals surface area contributed by atoms with Gasteiger partial charge in [0.05, 0.1) is 5.92 Å². The molecule has 0 saturated carbocycles. The zero-order valence-corrected chi connectivity index (χ0v) is 10.1. The van der Waals surface area contributed by atoms with Crippen LogP contribution in [-0.2, 0) is 9.59 Å². The van der Waals surface area contributed by atoms with E-state index in [4.69, 9.17) is 5.11 Å². The number of carboxylic acids is 1. The molecule has 2 N–H and O–H groups in total. The molecular formula is C11H21NO3. The van der Waals surface area contributed by atoms with Crippen LogP contribution in [0.3, 0.4) is 0 Å². The highest BCUT2D eigenvalue weighted by Crippen LogP contribution is 2.28. The van der Waals surface area contributed by atoms with Crippen LogP contribution in [0.4, 0.5) is 0 Å². The summed E-state index contributed by atoms with van der Waals surface area (Å²) in [4.78, 5) is 22.4. The second kappa shape index (κ2) is 5.14. The number of carbonyl (C=O) groups is 2. The SMILES string of the molecule is CC(C)NC(=O)C[C@H](C(=O)O)C(C)(C)C. The Bertz CT molecular complexity index is 241. The molecule has 1 amide bonds. The van der Waals surface area contributed by atoms with Crippen LogP contribution < -0.4 is 5.32 Å². The molecule has 15 heavy (non-hydrogen) atoms. The standard InChI is InChI=1S/C11H21NO3/c1-7(2)12-9(13)6-8(10(14)15)11(3,4)5/h7-8H,6H2,1-5H3,(H,12,13)(H,14,15)/t8-/m1/s1. The van der Waals surface area contributed by atoms with E-state index in [2.05, 4.69) is 5.32 Å². The van der Waals surface area contributed by atoms with E-state index in [0.717, 1.165) is 0 Å². The maximum Gasteiger partial charge on any atom is 0.307 e. The Morgan fingerprint density at radius 1 is 1.27 bits per heavy atom. The molecule has 4 nitrogen and oxygen atoms in total. The zero-order valence-electron chi connectivity index (χ0n) is 10.1. The van der Waals surface area contributed by atoms with Crippen molar-refractivity contribution in [1.29, 1.82) is 0 Å². The number of rotatable bonds is 4. The van der Waals surface area contributed by atoms with Crippen LogP contribution in [0.5, 0.6) is 0 Å². The van der Waals surface area contributed by atoms with Crippen molar-refractivity contribution in [1.82, 2.24) is 5.32 Å². The van der Waals surface area contributed by atoms with Crippen LogP contribution in [0, 0.1) is 11.3 Å². The van der Waals surface area contributed by atoms with Gasteiger partial charge in [-0.1, -0.05) is 20.8 Å². The molecule has 0 heterocycles. The molecule has 0 aromatic rings. The number of carbonyl (C=O) groups excluding carboxylic acids is 1. The second-order valence-corrected chi connectivity index (χ2v) is 5.18. The first-order chi connectivity index (χ1) is 6.64. The Hall–Kier alpha value is -1.06. The number of hydrogen-bond donors (Lipinski definition) is 2. The van der Waals surface area contributed by atoms with Crippen LogP contribution in [-0.4, -0.2) is 23.0 Å². The van der Waals surface area contributed by atoms with E-state index in [9.17, 15) is 9.59 Å². The molecule has 0 bridgehead atoms. The molecule has 4 heteroatoms. The molecule has 0 fully saturated rings. The first-order valence-corrected chi connectivity index (χ1v) is 5.16. The Labute approximate surface area is 91.1 Å². The number of amides is 1. The summed E-state index contributed by atoms with van der Waals surface area (Å²) in [6.07, 6.45) is 0.0387. The molecule has 0 aliphatic carbocycles. The lowest BCUT2D eigenvalue weighted by Gasteiger charge is -2.26. The van der Waals surface area contributed by atoms with E-state index >= 15 is 0 Å². The molecule has 1 atom stereocenters. The lowest BCUT2D eigenvalue weighted by molar-refractivity contribution is -0.148. The van der Waals surface area contributed by atoms with E-state index in [0.29, 0.717) is 0 Å². The van der Waals surface area contributed by atoms with Crippen molar-refractivity contribution in [3.63, 3.8) is 0 Å². The van der Waals surface area contributed by atoms with Crippen molar-refractivity contribution in [2.45, 2.75) is 47.1 Å². The van der Waals surface area contributed by atoms with Gasteiger partial charge in [0, 0.05) is 12.5 Å². The summed E-state index contributed by atoms with van der Waals surface area (Å²) < 4.78 is 0. The van der Waals surface area contributed by atoms with E-state index in [1.165, 1.54) is 0 Å². The predicted molar refractivity (Wildman–Crippen MR) is 58.5 cm³/mol. The molecule has 0 radical (unpaired) electrons. The normalized spacial score (nSPS) is 13.7. The second-order valence-electron chi connectivity index (χ2n) is 5.18. The summed E-state index contributed by atoms with van der Waals surface area (Å²) in [6.45, 7) is 9.19. The van der Waals surface area contributed by atoms with Gasteiger partial charge in [-0.05, 0) is 19.3 Å². The molecule has 0 aliphatic rings. The first kappa shape index (κ1) is 13.9. The highest BCUT2D eigenvalue weighted by Gasteiger charge is 2.33. The molecule has 0 aromatic heterocycles. The maximum absolute atomic E-state index is 11.4. The van der Waals surface area contributed by atoms with Crippen molar-refractivity contribution in [2.75, 3.05) is 0 Å². The highest BCUT2D eigenvalue weighted by molar-refractivity contribution is 5.82. The van der Waals surface area contributed by atoms with E-state index in [-0.39, 0.29) is 18.4 Å². The average molecular weight is 215 g/mol. The minimum Gasteiger partial charge on any atom is -0.481 e. The molecular weight excluding hydrogens is 194 g/mol. The monoisotopic (exact) mass is 215 g/mol. The summed E-state index contributed by atoms with van der Waals surface area (Å²) in [5.74, 6) is -1.76. The van der Waals surface area contributed by atoms with Gasteiger partial charge in [0.25, 0.3) is 0 Å². The quantitative estimate of drug-likeness (QED) is 0.749. The molecule has 88 valence electrons.